The molecule has 0 aliphatic carbocycles. The van der Waals surface area contributed by atoms with Crippen LogP contribution in [0.5, 0.6) is 0 Å². The van der Waals surface area contributed by atoms with Crippen molar-refractivity contribution < 1.29 is 4.79 Å². The van der Waals surface area contributed by atoms with Gasteiger partial charge < -0.3 is 4.90 Å². The Morgan fingerprint density at radius 3 is 2.06 bits per heavy atom. The van der Waals surface area contributed by atoms with Gasteiger partial charge in [-0.25, -0.2) is 0 Å². The zero-order chi connectivity index (χ0) is 13.2. The van der Waals surface area contributed by atoms with Crippen LogP contribution < -0.4 is 0 Å². The molecule has 3 heteroatoms. The average Bonchev–Trinajstić information content (AvgIpc) is 2.26. The molecule has 2 nitrogen and oxygen atoms in total. The third-order valence-electron chi connectivity index (χ3n) is 3.92. The predicted octanol–water partition coefficient (Wildman–Crippen LogP) is 3.23. The summed E-state index contributed by atoms with van der Waals surface area (Å²) in [5, 5.41) is -0.138. The van der Waals surface area contributed by atoms with Crippen molar-refractivity contribution >= 4 is 18.5 Å². The smallest absolute Gasteiger partial charge is 0.235 e. The predicted molar refractivity (Wildman–Crippen MR) is 76.4 cm³/mol. The van der Waals surface area contributed by atoms with E-state index in [4.69, 9.17) is 0 Å². The van der Waals surface area contributed by atoms with Crippen molar-refractivity contribution in [1.29, 1.82) is 0 Å². The lowest BCUT2D eigenvalue weighted by Gasteiger charge is -2.39. The molecule has 1 fully saturated rings. The minimum Gasteiger partial charge on any atom is -0.342 e. The SMILES string of the molecule is CC(C)C(S)C(=O)N1CCC(C(C)(C)C)CC1. The Balaban J connectivity index is 2.50. The van der Waals surface area contributed by atoms with Crippen molar-refractivity contribution in [2.24, 2.45) is 17.3 Å². The Morgan fingerprint density at radius 1 is 1.24 bits per heavy atom. The molecule has 0 saturated carbocycles. The Bertz CT molecular complexity index is 262. The summed E-state index contributed by atoms with van der Waals surface area (Å²) in [5.74, 6) is 1.27. The standard InChI is InChI=1S/C14H27NOS/c1-10(2)12(17)13(16)15-8-6-11(7-9-15)14(3,4)5/h10-12,17H,6-9H2,1-5H3. The maximum Gasteiger partial charge on any atom is 0.235 e. The first kappa shape index (κ1) is 14.9. The van der Waals surface area contributed by atoms with E-state index in [0.29, 0.717) is 11.3 Å². The number of carbonyl (C=O) groups is 1. The van der Waals surface area contributed by atoms with E-state index in [2.05, 4.69) is 47.2 Å². The van der Waals surface area contributed by atoms with Gasteiger partial charge in [-0.1, -0.05) is 34.6 Å². The molecule has 0 bridgehead atoms. The van der Waals surface area contributed by atoms with Gasteiger partial charge in [0.1, 0.15) is 0 Å². The number of nitrogens with zero attached hydrogens (tertiary/aromatic N) is 1. The molecule has 0 aromatic heterocycles. The minimum absolute atomic E-state index is 0.138. The number of thiol groups is 1. The fourth-order valence-corrected chi connectivity index (χ4v) is 2.60. The van der Waals surface area contributed by atoms with Crippen molar-refractivity contribution in [1.82, 2.24) is 4.90 Å². The van der Waals surface area contributed by atoms with E-state index in [1.165, 1.54) is 0 Å². The summed E-state index contributed by atoms with van der Waals surface area (Å²) < 4.78 is 0. The van der Waals surface area contributed by atoms with Crippen LogP contribution >= 0.6 is 12.6 Å². The second kappa shape index (κ2) is 5.64. The summed E-state index contributed by atoms with van der Waals surface area (Å²) >= 11 is 4.42. The van der Waals surface area contributed by atoms with E-state index in [1.807, 2.05) is 4.90 Å². The molecule has 0 aromatic rings. The van der Waals surface area contributed by atoms with Gasteiger partial charge in [0.25, 0.3) is 0 Å². The highest BCUT2D eigenvalue weighted by molar-refractivity contribution is 7.81. The second-order valence-corrected chi connectivity index (χ2v) is 7.21. The van der Waals surface area contributed by atoms with Gasteiger partial charge >= 0.3 is 0 Å². The number of rotatable bonds is 2. The summed E-state index contributed by atoms with van der Waals surface area (Å²) in [5.41, 5.74) is 0.369. The summed E-state index contributed by atoms with van der Waals surface area (Å²) in [6.45, 7) is 12.8. The summed E-state index contributed by atoms with van der Waals surface area (Å²) in [6, 6.07) is 0. The molecule has 0 spiro atoms. The quantitative estimate of drug-likeness (QED) is 0.753. The molecular formula is C14H27NOS. The fourth-order valence-electron chi connectivity index (χ4n) is 2.44. The van der Waals surface area contributed by atoms with Gasteiger partial charge in [-0.3, -0.25) is 4.79 Å². The molecule has 1 aliphatic heterocycles. The van der Waals surface area contributed by atoms with Crippen LogP contribution in [-0.4, -0.2) is 29.1 Å². The molecule has 1 amide bonds. The number of hydrogen-bond donors (Lipinski definition) is 1. The zero-order valence-corrected chi connectivity index (χ0v) is 12.8. The van der Waals surface area contributed by atoms with Gasteiger partial charge in [-0.2, -0.15) is 12.6 Å². The van der Waals surface area contributed by atoms with Gasteiger partial charge in [0, 0.05) is 13.1 Å². The second-order valence-electron chi connectivity index (χ2n) is 6.65. The van der Waals surface area contributed by atoms with Gasteiger partial charge in [0.2, 0.25) is 5.91 Å². The summed E-state index contributed by atoms with van der Waals surface area (Å²) in [4.78, 5) is 14.1. The molecule has 1 aliphatic rings. The molecule has 1 unspecified atom stereocenters. The molecule has 1 atom stereocenters. The van der Waals surface area contributed by atoms with Crippen molar-refractivity contribution in [3.63, 3.8) is 0 Å². The monoisotopic (exact) mass is 257 g/mol. The minimum atomic E-state index is -0.138. The van der Waals surface area contributed by atoms with Gasteiger partial charge in [0.15, 0.2) is 0 Å². The Kier molecular flexibility index (Phi) is 4.94. The highest BCUT2D eigenvalue weighted by atomic mass is 32.1. The van der Waals surface area contributed by atoms with Crippen LogP contribution in [0.15, 0.2) is 0 Å². The van der Waals surface area contributed by atoms with Crippen molar-refractivity contribution in [2.75, 3.05) is 13.1 Å². The van der Waals surface area contributed by atoms with Gasteiger partial charge in [-0.05, 0) is 30.1 Å². The molecule has 1 saturated heterocycles. The van der Waals surface area contributed by atoms with Crippen LogP contribution in [0.1, 0.15) is 47.5 Å². The van der Waals surface area contributed by atoms with Crippen LogP contribution in [-0.2, 0) is 4.79 Å². The molecule has 0 aromatic carbocycles. The normalized spacial score (nSPS) is 20.8. The first-order valence-corrected chi connectivity index (χ1v) is 7.22. The molecule has 100 valence electrons. The number of likely N-dealkylation sites (tertiary alicyclic amines) is 1. The third kappa shape index (κ3) is 3.90. The first-order chi connectivity index (χ1) is 7.73. The van der Waals surface area contributed by atoms with Crippen LogP contribution in [0, 0.1) is 17.3 Å². The molecule has 0 radical (unpaired) electrons. The van der Waals surface area contributed by atoms with Crippen LogP contribution in [0.2, 0.25) is 0 Å². The van der Waals surface area contributed by atoms with Crippen LogP contribution in [0.25, 0.3) is 0 Å². The topological polar surface area (TPSA) is 20.3 Å². The molecule has 0 N–H and O–H groups in total. The number of piperidine rings is 1. The average molecular weight is 257 g/mol. The van der Waals surface area contributed by atoms with Crippen molar-refractivity contribution in [3.05, 3.63) is 0 Å². The Labute approximate surface area is 112 Å². The van der Waals surface area contributed by atoms with Crippen molar-refractivity contribution in [2.45, 2.75) is 52.7 Å². The number of hydrogen-bond acceptors (Lipinski definition) is 2. The maximum absolute atomic E-state index is 12.1. The summed E-state index contributed by atoms with van der Waals surface area (Å²) in [6.07, 6.45) is 2.27. The highest BCUT2D eigenvalue weighted by Gasteiger charge is 2.32. The van der Waals surface area contributed by atoms with Crippen molar-refractivity contribution in [3.8, 4) is 0 Å². The van der Waals surface area contributed by atoms with E-state index in [9.17, 15) is 4.79 Å². The lowest BCUT2D eigenvalue weighted by atomic mass is 9.75. The Hall–Kier alpha value is -0.180. The Morgan fingerprint density at radius 2 is 1.71 bits per heavy atom. The number of amides is 1. The van der Waals surface area contributed by atoms with Gasteiger partial charge in [-0.15, -0.1) is 0 Å². The van der Waals surface area contributed by atoms with E-state index >= 15 is 0 Å². The van der Waals surface area contributed by atoms with Crippen LogP contribution in [0.3, 0.4) is 0 Å². The zero-order valence-electron chi connectivity index (χ0n) is 11.9. The lowest BCUT2D eigenvalue weighted by Crippen LogP contribution is -2.45. The van der Waals surface area contributed by atoms with Gasteiger partial charge in [0.05, 0.1) is 5.25 Å². The van der Waals surface area contributed by atoms with E-state index < -0.39 is 0 Å². The fraction of sp³-hybridized carbons (Fsp3) is 0.929. The van der Waals surface area contributed by atoms with E-state index in [-0.39, 0.29) is 11.2 Å². The molecular weight excluding hydrogens is 230 g/mol. The largest absolute Gasteiger partial charge is 0.342 e. The molecule has 17 heavy (non-hydrogen) atoms. The lowest BCUT2D eigenvalue weighted by molar-refractivity contribution is -0.133. The van der Waals surface area contributed by atoms with Crippen LogP contribution in [0.4, 0.5) is 0 Å². The third-order valence-corrected chi connectivity index (χ3v) is 4.73. The molecule has 1 rings (SSSR count). The molecule has 1 heterocycles. The first-order valence-electron chi connectivity index (χ1n) is 6.70. The van der Waals surface area contributed by atoms with E-state index in [1.54, 1.807) is 0 Å². The maximum atomic E-state index is 12.1. The summed E-state index contributed by atoms with van der Waals surface area (Å²) in [7, 11) is 0. The highest BCUT2D eigenvalue weighted by Crippen LogP contribution is 2.34. The number of carbonyl (C=O) groups excluding carboxylic acids is 1. The van der Waals surface area contributed by atoms with E-state index in [0.717, 1.165) is 31.8 Å².